The molecular formula is C16H16N2O3. The van der Waals surface area contributed by atoms with Crippen molar-refractivity contribution < 1.29 is 14.3 Å². The van der Waals surface area contributed by atoms with Gasteiger partial charge in [0.15, 0.2) is 11.5 Å². The van der Waals surface area contributed by atoms with E-state index < -0.39 is 5.54 Å². The summed E-state index contributed by atoms with van der Waals surface area (Å²) in [5.41, 5.74) is 0.970. The maximum absolute atomic E-state index is 12.4. The lowest BCUT2D eigenvalue weighted by Gasteiger charge is -2.26. The Labute approximate surface area is 122 Å². The molecule has 3 rings (SSSR count). The molecule has 2 heterocycles. The van der Waals surface area contributed by atoms with Crippen molar-refractivity contribution in [3.8, 4) is 11.5 Å². The molecule has 1 amide bonds. The van der Waals surface area contributed by atoms with Crippen molar-refractivity contribution >= 4 is 5.91 Å². The normalized spacial score (nSPS) is 13.0. The average molecular weight is 284 g/mol. The van der Waals surface area contributed by atoms with Crippen LogP contribution in [0.5, 0.6) is 11.5 Å². The number of carbonyl (C=O) groups excluding carboxylic acids is 1. The second kappa shape index (κ2) is 5.09. The Balaban J connectivity index is 1.80. The summed E-state index contributed by atoms with van der Waals surface area (Å²) in [5.74, 6) is 1.10. The van der Waals surface area contributed by atoms with Crippen LogP contribution in [0.4, 0.5) is 0 Å². The number of carbonyl (C=O) groups is 1. The number of nitrogens with zero attached hydrogens (tertiary/aromatic N) is 1. The summed E-state index contributed by atoms with van der Waals surface area (Å²) in [5, 5.41) is 3.00. The molecule has 0 spiro atoms. The van der Waals surface area contributed by atoms with Gasteiger partial charge in [-0.25, -0.2) is 0 Å². The van der Waals surface area contributed by atoms with Gasteiger partial charge >= 0.3 is 0 Å². The molecule has 5 heteroatoms. The molecule has 5 nitrogen and oxygen atoms in total. The van der Waals surface area contributed by atoms with Gasteiger partial charge in [-0.15, -0.1) is 0 Å². The van der Waals surface area contributed by atoms with E-state index in [2.05, 4.69) is 10.3 Å². The number of benzene rings is 1. The molecule has 1 aliphatic heterocycles. The van der Waals surface area contributed by atoms with Crippen LogP contribution in [0.15, 0.2) is 42.7 Å². The van der Waals surface area contributed by atoms with E-state index in [1.165, 1.54) is 0 Å². The third-order valence-electron chi connectivity index (χ3n) is 3.44. The minimum absolute atomic E-state index is 0.165. The smallest absolute Gasteiger partial charge is 0.252 e. The second-order valence-electron chi connectivity index (χ2n) is 5.39. The van der Waals surface area contributed by atoms with E-state index >= 15 is 0 Å². The van der Waals surface area contributed by atoms with Crippen LogP contribution in [0.2, 0.25) is 0 Å². The van der Waals surface area contributed by atoms with Crippen molar-refractivity contribution in [2.75, 3.05) is 6.79 Å². The third-order valence-corrected chi connectivity index (χ3v) is 3.44. The van der Waals surface area contributed by atoms with Gasteiger partial charge in [0.1, 0.15) is 0 Å². The largest absolute Gasteiger partial charge is 0.454 e. The molecule has 0 saturated heterocycles. The standard InChI is InChI=1S/C16H16N2O3/c1-16(2,12-4-3-7-17-9-12)18-15(19)11-5-6-13-14(8-11)21-10-20-13/h3-9H,10H2,1-2H3,(H,18,19). The molecule has 0 aliphatic carbocycles. The number of nitrogens with one attached hydrogen (secondary N) is 1. The summed E-state index contributed by atoms with van der Waals surface area (Å²) in [7, 11) is 0. The Hall–Kier alpha value is -2.56. The maximum Gasteiger partial charge on any atom is 0.252 e. The number of fused-ring (bicyclic) bond motifs is 1. The molecule has 0 unspecified atom stereocenters. The lowest BCUT2D eigenvalue weighted by atomic mass is 9.95. The molecule has 0 radical (unpaired) electrons. The quantitative estimate of drug-likeness (QED) is 0.940. The molecule has 0 atom stereocenters. The minimum atomic E-state index is -0.512. The Bertz CT molecular complexity index is 668. The van der Waals surface area contributed by atoms with E-state index in [0.717, 1.165) is 5.56 Å². The first kappa shape index (κ1) is 13.4. The highest BCUT2D eigenvalue weighted by atomic mass is 16.7. The van der Waals surface area contributed by atoms with E-state index in [1.54, 1.807) is 30.6 Å². The molecule has 1 aromatic carbocycles. The lowest BCUT2D eigenvalue weighted by Crippen LogP contribution is -2.41. The highest BCUT2D eigenvalue weighted by Crippen LogP contribution is 2.32. The predicted molar refractivity (Wildman–Crippen MR) is 77.3 cm³/mol. The molecule has 21 heavy (non-hydrogen) atoms. The summed E-state index contributed by atoms with van der Waals surface area (Å²) in [4.78, 5) is 16.5. The van der Waals surface area contributed by atoms with Gasteiger partial charge in [0, 0.05) is 18.0 Å². The molecule has 1 N–H and O–H groups in total. The Morgan fingerprint density at radius 1 is 1.24 bits per heavy atom. The van der Waals surface area contributed by atoms with Crippen LogP contribution < -0.4 is 14.8 Å². The maximum atomic E-state index is 12.4. The number of hydrogen-bond donors (Lipinski definition) is 1. The van der Waals surface area contributed by atoms with Gasteiger partial charge in [-0.3, -0.25) is 9.78 Å². The summed E-state index contributed by atoms with van der Waals surface area (Å²) in [6, 6.07) is 8.95. The average Bonchev–Trinajstić information content (AvgIpc) is 2.95. The van der Waals surface area contributed by atoms with Crippen LogP contribution in [-0.2, 0) is 5.54 Å². The topological polar surface area (TPSA) is 60.5 Å². The fourth-order valence-electron chi connectivity index (χ4n) is 2.20. The zero-order chi connectivity index (χ0) is 14.9. The number of aromatic nitrogens is 1. The van der Waals surface area contributed by atoms with Crippen molar-refractivity contribution in [1.29, 1.82) is 0 Å². The first-order valence-corrected chi connectivity index (χ1v) is 6.69. The van der Waals surface area contributed by atoms with Gasteiger partial charge in [-0.05, 0) is 43.7 Å². The van der Waals surface area contributed by atoms with Gasteiger partial charge in [-0.2, -0.15) is 0 Å². The fourth-order valence-corrected chi connectivity index (χ4v) is 2.20. The van der Waals surface area contributed by atoms with Crippen LogP contribution in [0, 0.1) is 0 Å². The van der Waals surface area contributed by atoms with Crippen LogP contribution in [0.3, 0.4) is 0 Å². The molecule has 1 aromatic heterocycles. The Kier molecular flexibility index (Phi) is 3.25. The minimum Gasteiger partial charge on any atom is -0.454 e. The van der Waals surface area contributed by atoms with Crippen molar-refractivity contribution in [2.24, 2.45) is 0 Å². The zero-order valence-corrected chi connectivity index (χ0v) is 11.9. The number of ether oxygens (including phenoxy) is 2. The van der Waals surface area contributed by atoms with E-state index in [9.17, 15) is 4.79 Å². The molecule has 1 aliphatic rings. The van der Waals surface area contributed by atoms with Crippen LogP contribution >= 0.6 is 0 Å². The molecule has 108 valence electrons. The van der Waals surface area contributed by atoms with Gasteiger partial charge in [-0.1, -0.05) is 6.07 Å². The van der Waals surface area contributed by atoms with Crippen LogP contribution in [0.25, 0.3) is 0 Å². The van der Waals surface area contributed by atoms with E-state index in [4.69, 9.17) is 9.47 Å². The molecule has 0 fully saturated rings. The number of pyridine rings is 1. The van der Waals surface area contributed by atoms with Gasteiger partial charge in [0.25, 0.3) is 5.91 Å². The molecule has 0 bridgehead atoms. The van der Waals surface area contributed by atoms with Crippen molar-refractivity contribution in [3.63, 3.8) is 0 Å². The van der Waals surface area contributed by atoms with Gasteiger partial charge in [0.2, 0.25) is 6.79 Å². The van der Waals surface area contributed by atoms with E-state index in [1.807, 2.05) is 26.0 Å². The van der Waals surface area contributed by atoms with Gasteiger partial charge < -0.3 is 14.8 Å². The monoisotopic (exact) mass is 284 g/mol. The zero-order valence-electron chi connectivity index (χ0n) is 11.9. The fraction of sp³-hybridized carbons (Fsp3) is 0.250. The lowest BCUT2D eigenvalue weighted by molar-refractivity contribution is 0.0911. The van der Waals surface area contributed by atoms with Crippen molar-refractivity contribution in [2.45, 2.75) is 19.4 Å². The number of hydrogen-bond acceptors (Lipinski definition) is 4. The number of amides is 1. The summed E-state index contributed by atoms with van der Waals surface area (Å²) < 4.78 is 10.5. The molecule has 2 aromatic rings. The van der Waals surface area contributed by atoms with Crippen molar-refractivity contribution in [1.82, 2.24) is 10.3 Å². The highest BCUT2D eigenvalue weighted by Gasteiger charge is 2.24. The van der Waals surface area contributed by atoms with Crippen molar-refractivity contribution in [3.05, 3.63) is 53.9 Å². The Morgan fingerprint density at radius 3 is 2.81 bits per heavy atom. The summed E-state index contributed by atoms with van der Waals surface area (Å²) >= 11 is 0. The Morgan fingerprint density at radius 2 is 2.05 bits per heavy atom. The third kappa shape index (κ3) is 2.67. The molecule has 0 saturated carbocycles. The molecular weight excluding hydrogens is 268 g/mol. The summed E-state index contributed by atoms with van der Waals surface area (Å²) in [6.45, 7) is 4.07. The highest BCUT2D eigenvalue weighted by molar-refractivity contribution is 5.95. The summed E-state index contributed by atoms with van der Waals surface area (Å²) in [6.07, 6.45) is 3.46. The predicted octanol–water partition coefficient (Wildman–Crippen LogP) is 2.48. The number of rotatable bonds is 3. The SMILES string of the molecule is CC(C)(NC(=O)c1ccc2c(c1)OCO2)c1cccnc1. The van der Waals surface area contributed by atoms with E-state index in [-0.39, 0.29) is 12.7 Å². The first-order valence-electron chi connectivity index (χ1n) is 6.69. The van der Waals surface area contributed by atoms with Gasteiger partial charge in [0.05, 0.1) is 5.54 Å². The van der Waals surface area contributed by atoms with Crippen LogP contribution in [-0.4, -0.2) is 17.7 Å². The second-order valence-corrected chi connectivity index (χ2v) is 5.39. The first-order chi connectivity index (χ1) is 10.1. The van der Waals surface area contributed by atoms with E-state index in [0.29, 0.717) is 17.1 Å². The van der Waals surface area contributed by atoms with Crippen LogP contribution in [0.1, 0.15) is 29.8 Å².